The van der Waals surface area contributed by atoms with Gasteiger partial charge in [0.2, 0.25) is 5.91 Å². The van der Waals surface area contributed by atoms with Gasteiger partial charge >= 0.3 is 0 Å². The van der Waals surface area contributed by atoms with Gasteiger partial charge in [0.05, 0.1) is 41.6 Å². The molecule has 1 amide bonds. The van der Waals surface area contributed by atoms with Crippen molar-refractivity contribution < 1.29 is 9.18 Å². The number of nitrogens with one attached hydrogen (secondary N) is 1. The van der Waals surface area contributed by atoms with Crippen LogP contribution in [-0.2, 0) is 17.9 Å². The molecule has 6 nitrogen and oxygen atoms in total. The maximum atomic E-state index is 13.1. The van der Waals surface area contributed by atoms with Gasteiger partial charge in [0.1, 0.15) is 5.82 Å². The maximum absolute atomic E-state index is 13.1. The third-order valence-electron chi connectivity index (χ3n) is 3.76. The minimum Gasteiger partial charge on any atom is -0.323 e. The molecule has 2 heterocycles. The molecule has 0 aliphatic carbocycles. The Kier molecular flexibility index (Phi) is 5.73. The lowest BCUT2D eigenvalue weighted by molar-refractivity contribution is -0.119. The van der Waals surface area contributed by atoms with Crippen molar-refractivity contribution in [1.29, 1.82) is 0 Å². The third kappa shape index (κ3) is 4.70. The van der Waals surface area contributed by atoms with Crippen molar-refractivity contribution in [2.24, 2.45) is 5.92 Å². The summed E-state index contributed by atoms with van der Waals surface area (Å²) in [7, 11) is 0. The minimum atomic E-state index is -0.384. The van der Waals surface area contributed by atoms with Crippen LogP contribution in [0.4, 0.5) is 10.1 Å². The molecule has 1 N–H and O–H groups in total. The molecule has 0 radical (unpaired) electrons. The summed E-state index contributed by atoms with van der Waals surface area (Å²) in [6.07, 6.45) is 6.75. The molecule has 26 heavy (non-hydrogen) atoms. The van der Waals surface area contributed by atoms with E-state index in [1.165, 1.54) is 12.1 Å². The molecule has 1 aromatic carbocycles. The van der Waals surface area contributed by atoms with E-state index in [0.29, 0.717) is 23.8 Å². The molecular formula is C17H16BrClFN5O. The fourth-order valence-electron chi connectivity index (χ4n) is 2.41. The molecule has 0 bridgehead atoms. The molecule has 0 aliphatic rings. The van der Waals surface area contributed by atoms with Crippen molar-refractivity contribution in [2.75, 3.05) is 5.32 Å². The van der Waals surface area contributed by atoms with Gasteiger partial charge in [0.25, 0.3) is 0 Å². The second-order valence-electron chi connectivity index (χ2n) is 5.93. The van der Waals surface area contributed by atoms with Crippen molar-refractivity contribution in [2.45, 2.75) is 20.0 Å². The molecule has 9 heteroatoms. The van der Waals surface area contributed by atoms with E-state index in [-0.39, 0.29) is 17.6 Å². The molecule has 0 saturated heterocycles. The van der Waals surface area contributed by atoms with E-state index < -0.39 is 0 Å². The number of carbonyl (C=O) groups excluding carboxylic acids is 1. The third-order valence-corrected chi connectivity index (χ3v) is 4.52. The molecule has 0 spiro atoms. The highest BCUT2D eigenvalue weighted by Crippen LogP contribution is 2.19. The average molecular weight is 441 g/mol. The number of halogens is 3. The molecule has 3 rings (SSSR count). The van der Waals surface area contributed by atoms with Crippen LogP contribution in [0.3, 0.4) is 0 Å². The normalized spacial score (nSPS) is 12.2. The Labute approximate surface area is 163 Å². The molecule has 0 saturated carbocycles. The number of anilines is 1. The van der Waals surface area contributed by atoms with Crippen LogP contribution in [0, 0.1) is 11.7 Å². The predicted molar refractivity (Wildman–Crippen MR) is 100 cm³/mol. The number of aromatic nitrogens is 4. The maximum Gasteiger partial charge on any atom is 0.229 e. The van der Waals surface area contributed by atoms with E-state index in [9.17, 15) is 9.18 Å². The van der Waals surface area contributed by atoms with Crippen molar-refractivity contribution in [1.82, 2.24) is 19.6 Å². The van der Waals surface area contributed by atoms with Crippen molar-refractivity contribution >= 4 is 39.1 Å². The molecule has 136 valence electrons. The van der Waals surface area contributed by atoms with E-state index in [1.807, 2.05) is 13.1 Å². The summed E-state index contributed by atoms with van der Waals surface area (Å²) in [6, 6.07) is 4.23. The van der Waals surface area contributed by atoms with E-state index in [2.05, 4.69) is 31.4 Å². The lowest BCUT2D eigenvalue weighted by Crippen LogP contribution is -2.24. The number of rotatable bonds is 6. The van der Waals surface area contributed by atoms with Crippen LogP contribution in [0.25, 0.3) is 0 Å². The lowest BCUT2D eigenvalue weighted by atomic mass is 10.1. The molecular weight excluding hydrogens is 425 g/mol. The summed E-state index contributed by atoms with van der Waals surface area (Å²) in [6.45, 7) is 2.68. The van der Waals surface area contributed by atoms with Crippen LogP contribution in [-0.4, -0.2) is 25.5 Å². The Morgan fingerprint density at radius 1 is 1.31 bits per heavy atom. The zero-order valence-corrected chi connectivity index (χ0v) is 16.2. The fraction of sp³-hybridized carbons (Fsp3) is 0.235. The number of carbonyl (C=O) groups is 1. The summed E-state index contributed by atoms with van der Waals surface area (Å²) in [4.78, 5) is 12.3. The second kappa shape index (κ2) is 8.01. The van der Waals surface area contributed by atoms with Gasteiger partial charge in [-0.3, -0.25) is 14.2 Å². The Morgan fingerprint density at radius 3 is 2.77 bits per heavy atom. The number of benzene rings is 1. The fourth-order valence-corrected chi connectivity index (χ4v) is 2.96. The summed E-state index contributed by atoms with van der Waals surface area (Å²) in [5.41, 5.74) is 1.33. The smallest absolute Gasteiger partial charge is 0.229 e. The number of nitrogens with zero attached hydrogens (tertiary/aromatic N) is 4. The van der Waals surface area contributed by atoms with Crippen LogP contribution in [0.5, 0.6) is 0 Å². The van der Waals surface area contributed by atoms with E-state index in [4.69, 9.17) is 11.6 Å². The Bertz CT molecular complexity index is 926. The predicted octanol–water partition coefficient (Wildman–Crippen LogP) is 3.96. The molecule has 1 atom stereocenters. The van der Waals surface area contributed by atoms with Crippen LogP contribution in [0.15, 0.2) is 47.5 Å². The summed E-state index contributed by atoms with van der Waals surface area (Å²) >= 11 is 9.36. The summed E-state index contributed by atoms with van der Waals surface area (Å²) < 4.78 is 17.3. The first-order chi connectivity index (χ1) is 12.4. The molecule has 3 aromatic rings. The van der Waals surface area contributed by atoms with E-state index >= 15 is 0 Å². The topological polar surface area (TPSA) is 64.7 Å². The van der Waals surface area contributed by atoms with Crippen molar-refractivity contribution in [3.05, 3.63) is 63.9 Å². The number of hydrogen-bond donors (Lipinski definition) is 1. The standard InChI is InChI=1S/C17H16BrClFN5O/c1-11(7-24-9-13(18)5-21-24)17(26)23-15-6-22-25(10-15)8-12-2-3-14(20)4-16(12)19/h2-6,9-11H,7-8H2,1H3,(H,23,26). The second-order valence-corrected chi connectivity index (χ2v) is 7.26. The minimum absolute atomic E-state index is 0.129. The molecule has 0 aliphatic heterocycles. The van der Waals surface area contributed by atoms with E-state index in [1.54, 1.807) is 34.0 Å². The molecule has 1 unspecified atom stereocenters. The van der Waals surface area contributed by atoms with Crippen molar-refractivity contribution in [3.63, 3.8) is 0 Å². The first-order valence-corrected chi connectivity index (χ1v) is 9.03. The Morgan fingerprint density at radius 2 is 2.08 bits per heavy atom. The molecule has 0 fully saturated rings. The Hall–Kier alpha value is -2.19. The number of amides is 1. The highest BCUT2D eigenvalue weighted by molar-refractivity contribution is 9.10. The van der Waals surface area contributed by atoms with Gasteiger partial charge in [0.15, 0.2) is 0 Å². The average Bonchev–Trinajstić information content (AvgIpc) is 3.19. The van der Waals surface area contributed by atoms with Crippen molar-refractivity contribution in [3.8, 4) is 0 Å². The van der Waals surface area contributed by atoms with Gasteiger partial charge in [-0.05, 0) is 33.6 Å². The Balaban J connectivity index is 1.59. The highest BCUT2D eigenvalue weighted by atomic mass is 79.9. The van der Waals surface area contributed by atoms with E-state index in [0.717, 1.165) is 10.0 Å². The molecule has 2 aromatic heterocycles. The first-order valence-electron chi connectivity index (χ1n) is 7.86. The first kappa shape index (κ1) is 18.6. The van der Waals surface area contributed by atoms with Crippen LogP contribution in [0.2, 0.25) is 5.02 Å². The highest BCUT2D eigenvalue weighted by Gasteiger charge is 2.15. The van der Waals surface area contributed by atoms with Gasteiger partial charge in [0, 0.05) is 17.4 Å². The summed E-state index contributed by atoms with van der Waals surface area (Å²) in [5, 5.41) is 11.5. The monoisotopic (exact) mass is 439 g/mol. The SMILES string of the molecule is CC(Cn1cc(Br)cn1)C(=O)Nc1cnn(Cc2ccc(F)cc2Cl)c1. The van der Waals surface area contributed by atoms with Crippen LogP contribution >= 0.6 is 27.5 Å². The van der Waals surface area contributed by atoms with Gasteiger partial charge in [-0.2, -0.15) is 10.2 Å². The van der Waals surface area contributed by atoms with Crippen LogP contribution in [0.1, 0.15) is 12.5 Å². The largest absolute Gasteiger partial charge is 0.323 e. The lowest BCUT2D eigenvalue weighted by Gasteiger charge is -2.11. The van der Waals surface area contributed by atoms with Crippen LogP contribution < -0.4 is 5.32 Å². The summed E-state index contributed by atoms with van der Waals surface area (Å²) in [5.74, 6) is -0.780. The zero-order chi connectivity index (χ0) is 18.7. The van der Waals surface area contributed by atoms with Gasteiger partial charge in [-0.1, -0.05) is 24.6 Å². The van der Waals surface area contributed by atoms with Gasteiger partial charge in [-0.25, -0.2) is 4.39 Å². The number of hydrogen-bond acceptors (Lipinski definition) is 3. The quantitative estimate of drug-likeness (QED) is 0.631. The van der Waals surface area contributed by atoms with Gasteiger partial charge in [-0.15, -0.1) is 0 Å². The van der Waals surface area contributed by atoms with Gasteiger partial charge < -0.3 is 5.32 Å². The zero-order valence-electron chi connectivity index (χ0n) is 13.9.